The number of piperidine rings is 1. The van der Waals surface area contributed by atoms with Gasteiger partial charge in [-0.25, -0.2) is 0 Å². The van der Waals surface area contributed by atoms with Gasteiger partial charge in [-0.05, 0) is 50.9 Å². The normalized spacial score (nSPS) is 20.1. The Morgan fingerprint density at radius 2 is 1.56 bits per heavy atom. The maximum Gasteiger partial charge on any atom is 0.238 e. The number of carbonyl (C=O) groups is 2. The Morgan fingerprint density at radius 1 is 0.920 bits per heavy atom. The molecule has 2 aliphatic rings. The minimum atomic E-state index is 0.0171. The van der Waals surface area contributed by atoms with Crippen molar-refractivity contribution < 1.29 is 9.59 Å². The number of hydrogen-bond donors (Lipinski definition) is 1. The molecular weight excluding hydrogens is 314 g/mol. The molecular formula is C20H29N3O2. The molecule has 1 N–H and O–H groups in total. The molecule has 0 saturated carbocycles. The van der Waals surface area contributed by atoms with Gasteiger partial charge in [0.15, 0.2) is 0 Å². The van der Waals surface area contributed by atoms with Gasteiger partial charge in [-0.3, -0.25) is 14.5 Å². The van der Waals surface area contributed by atoms with Crippen molar-refractivity contribution in [1.82, 2.24) is 9.80 Å². The van der Waals surface area contributed by atoms with Crippen molar-refractivity contribution in [1.29, 1.82) is 0 Å². The van der Waals surface area contributed by atoms with E-state index in [0.29, 0.717) is 12.5 Å². The molecule has 2 fully saturated rings. The molecule has 0 atom stereocenters. The zero-order valence-electron chi connectivity index (χ0n) is 15.0. The van der Waals surface area contributed by atoms with E-state index in [9.17, 15) is 9.59 Å². The summed E-state index contributed by atoms with van der Waals surface area (Å²) in [5.74, 6) is 0.505. The smallest absolute Gasteiger partial charge is 0.238 e. The van der Waals surface area contributed by atoms with E-state index < -0.39 is 0 Å². The summed E-state index contributed by atoms with van der Waals surface area (Å²) in [6.07, 6.45) is 6.52. The Morgan fingerprint density at radius 3 is 2.20 bits per heavy atom. The molecule has 136 valence electrons. The van der Waals surface area contributed by atoms with E-state index in [0.717, 1.165) is 57.5 Å². The van der Waals surface area contributed by atoms with E-state index in [-0.39, 0.29) is 11.8 Å². The Labute approximate surface area is 150 Å². The number of para-hydroxylation sites is 1. The fourth-order valence-electron chi connectivity index (χ4n) is 3.81. The van der Waals surface area contributed by atoms with Crippen molar-refractivity contribution in [2.45, 2.75) is 38.5 Å². The first-order chi connectivity index (χ1) is 12.2. The zero-order chi connectivity index (χ0) is 17.5. The lowest BCUT2D eigenvalue weighted by Crippen LogP contribution is -2.44. The number of carbonyl (C=O) groups excluding carboxylic acids is 2. The Bertz CT molecular complexity index is 560. The monoisotopic (exact) mass is 343 g/mol. The van der Waals surface area contributed by atoms with Crippen molar-refractivity contribution in [2.75, 3.05) is 38.0 Å². The topological polar surface area (TPSA) is 52.7 Å². The number of hydrogen-bond acceptors (Lipinski definition) is 3. The van der Waals surface area contributed by atoms with Gasteiger partial charge in [0.05, 0.1) is 6.54 Å². The lowest BCUT2D eigenvalue weighted by atomic mass is 9.95. The van der Waals surface area contributed by atoms with Gasteiger partial charge in [-0.1, -0.05) is 31.0 Å². The van der Waals surface area contributed by atoms with Crippen LogP contribution >= 0.6 is 0 Å². The number of benzene rings is 1. The summed E-state index contributed by atoms with van der Waals surface area (Å²) in [6.45, 7) is 3.91. The average molecular weight is 343 g/mol. The number of amides is 2. The second-order valence-electron chi connectivity index (χ2n) is 7.20. The van der Waals surface area contributed by atoms with Crippen LogP contribution in [0.4, 0.5) is 5.69 Å². The number of nitrogens with zero attached hydrogens (tertiary/aromatic N) is 2. The van der Waals surface area contributed by atoms with E-state index in [1.54, 1.807) is 0 Å². The van der Waals surface area contributed by atoms with Crippen LogP contribution in [0, 0.1) is 5.92 Å². The quantitative estimate of drug-likeness (QED) is 0.914. The van der Waals surface area contributed by atoms with Gasteiger partial charge >= 0.3 is 0 Å². The Hall–Kier alpha value is -1.88. The molecule has 0 unspecified atom stereocenters. The molecule has 3 rings (SSSR count). The van der Waals surface area contributed by atoms with Crippen LogP contribution in [0.2, 0.25) is 0 Å². The number of rotatable bonds is 4. The van der Waals surface area contributed by atoms with Crippen LogP contribution in [-0.4, -0.2) is 54.3 Å². The molecule has 0 spiro atoms. The minimum Gasteiger partial charge on any atom is -0.342 e. The summed E-state index contributed by atoms with van der Waals surface area (Å²) in [4.78, 5) is 29.1. The number of likely N-dealkylation sites (tertiary alicyclic amines) is 2. The van der Waals surface area contributed by atoms with Gasteiger partial charge in [0.1, 0.15) is 0 Å². The minimum absolute atomic E-state index is 0.0171. The predicted molar refractivity (Wildman–Crippen MR) is 99.3 cm³/mol. The largest absolute Gasteiger partial charge is 0.342 e. The summed E-state index contributed by atoms with van der Waals surface area (Å²) >= 11 is 0. The van der Waals surface area contributed by atoms with Crippen molar-refractivity contribution in [3.8, 4) is 0 Å². The fourth-order valence-corrected chi connectivity index (χ4v) is 3.81. The van der Waals surface area contributed by atoms with Crippen LogP contribution in [0.1, 0.15) is 38.5 Å². The summed E-state index contributed by atoms with van der Waals surface area (Å²) in [6, 6.07) is 9.54. The van der Waals surface area contributed by atoms with Gasteiger partial charge in [0.2, 0.25) is 11.8 Å². The standard InChI is InChI=1S/C20H29N3O2/c24-19(21-18-8-4-3-5-9-18)16-22-14-10-17(11-15-22)20(25)23-12-6-1-2-7-13-23/h3-5,8-9,17H,1-2,6-7,10-16H2,(H,21,24). The van der Waals surface area contributed by atoms with E-state index in [2.05, 4.69) is 15.1 Å². The van der Waals surface area contributed by atoms with Gasteiger partial charge < -0.3 is 10.2 Å². The third kappa shape index (κ3) is 5.30. The molecule has 5 heteroatoms. The molecule has 0 aromatic heterocycles. The summed E-state index contributed by atoms with van der Waals surface area (Å²) in [5, 5.41) is 2.93. The third-order valence-corrected chi connectivity index (χ3v) is 5.28. The molecule has 2 amide bonds. The van der Waals surface area contributed by atoms with E-state index in [4.69, 9.17) is 0 Å². The molecule has 0 bridgehead atoms. The summed E-state index contributed by atoms with van der Waals surface area (Å²) < 4.78 is 0. The van der Waals surface area contributed by atoms with Crippen molar-refractivity contribution in [3.63, 3.8) is 0 Å². The van der Waals surface area contributed by atoms with Crippen LogP contribution in [0.15, 0.2) is 30.3 Å². The number of anilines is 1. The van der Waals surface area contributed by atoms with Gasteiger partial charge in [-0.15, -0.1) is 0 Å². The van der Waals surface area contributed by atoms with Gasteiger partial charge in [0.25, 0.3) is 0 Å². The maximum absolute atomic E-state index is 12.7. The lowest BCUT2D eigenvalue weighted by molar-refractivity contribution is -0.137. The first kappa shape index (κ1) is 17.9. The maximum atomic E-state index is 12.7. The number of nitrogens with one attached hydrogen (secondary N) is 1. The first-order valence-corrected chi connectivity index (χ1v) is 9.58. The third-order valence-electron chi connectivity index (χ3n) is 5.28. The summed E-state index contributed by atoms with van der Waals surface area (Å²) in [5.41, 5.74) is 0.832. The molecule has 5 nitrogen and oxygen atoms in total. The highest BCUT2D eigenvalue weighted by atomic mass is 16.2. The van der Waals surface area contributed by atoms with Gasteiger partial charge in [0, 0.05) is 24.7 Å². The summed E-state index contributed by atoms with van der Waals surface area (Å²) in [7, 11) is 0. The predicted octanol–water partition coefficient (Wildman–Crippen LogP) is 2.74. The van der Waals surface area contributed by atoms with Crippen molar-refractivity contribution in [3.05, 3.63) is 30.3 Å². The zero-order valence-corrected chi connectivity index (χ0v) is 15.0. The SMILES string of the molecule is O=C(CN1CCC(C(=O)N2CCCCCC2)CC1)Nc1ccccc1. The fraction of sp³-hybridized carbons (Fsp3) is 0.600. The highest BCUT2D eigenvalue weighted by molar-refractivity contribution is 5.92. The molecule has 1 aromatic rings. The second-order valence-corrected chi connectivity index (χ2v) is 7.20. The van der Waals surface area contributed by atoms with Crippen molar-refractivity contribution >= 4 is 17.5 Å². The van der Waals surface area contributed by atoms with Crippen LogP contribution < -0.4 is 5.32 Å². The molecule has 2 saturated heterocycles. The van der Waals surface area contributed by atoms with Gasteiger partial charge in [-0.2, -0.15) is 0 Å². The molecule has 0 radical (unpaired) electrons. The van der Waals surface area contributed by atoms with Crippen LogP contribution in [0.3, 0.4) is 0 Å². The van der Waals surface area contributed by atoms with E-state index in [1.807, 2.05) is 30.3 Å². The molecule has 25 heavy (non-hydrogen) atoms. The molecule has 2 heterocycles. The highest BCUT2D eigenvalue weighted by Gasteiger charge is 2.29. The van der Waals surface area contributed by atoms with Crippen LogP contribution in [-0.2, 0) is 9.59 Å². The second kappa shape index (κ2) is 8.99. The van der Waals surface area contributed by atoms with E-state index in [1.165, 1.54) is 12.8 Å². The Balaban J connectivity index is 1.42. The first-order valence-electron chi connectivity index (χ1n) is 9.58. The lowest BCUT2D eigenvalue weighted by Gasteiger charge is -2.33. The average Bonchev–Trinajstić information content (AvgIpc) is 2.92. The van der Waals surface area contributed by atoms with Crippen molar-refractivity contribution in [2.24, 2.45) is 5.92 Å². The Kier molecular flexibility index (Phi) is 6.45. The van der Waals surface area contributed by atoms with E-state index >= 15 is 0 Å². The molecule has 2 aliphatic heterocycles. The molecule has 1 aromatic carbocycles. The van der Waals surface area contributed by atoms with Crippen LogP contribution in [0.25, 0.3) is 0 Å². The highest BCUT2D eigenvalue weighted by Crippen LogP contribution is 2.21. The molecule has 0 aliphatic carbocycles. The van der Waals surface area contributed by atoms with Crippen LogP contribution in [0.5, 0.6) is 0 Å².